The lowest BCUT2D eigenvalue weighted by atomic mass is 10.1. The van der Waals surface area contributed by atoms with Gasteiger partial charge in [-0.25, -0.2) is 4.98 Å². The first-order valence-corrected chi connectivity index (χ1v) is 11.2. The van der Waals surface area contributed by atoms with Crippen LogP contribution in [0.2, 0.25) is 0 Å². The van der Waals surface area contributed by atoms with E-state index < -0.39 is 0 Å². The van der Waals surface area contributed by atoms with E-state index in [9.17, 15) is 4.79 Å². The second kappa shape index (κ2) is 8.20. The number of carbonyl (C=O) groups excluding carboxylic acids is 1. The van der Waals surface area contributed by atoms with Crippen molar-refractivity contribution in [1.82, 2.24) is 10.3 Å². The summed E-state index contributed by atoms with van der Waals surface area (Å²) in [5, 5.41) is 7.10. The Bertz CT molecular complexity index is 1110. The number of furan rings is 1. The molecule has 0 bridgehead atoms. The lowest BCUT2D eigenvalue weighted by Gasteiger charge is -2.06. The molecule has 0 saturated heterocycles. The highest BCUT2D eigenvalue weighted by molar-refractivity contribution is 7.97. The molecule has 4 nitrogen and oxygen atoms in total. The van der Waals surface area contributed by atoms with Gasteiger partial charge in [0.25, 0.3) is 5.91 Å². The molecular weight excluding hydrogens is 388 g/mol. The van der Waals surface area contributed by atoms with E-state index in [0.29, 0.717) is 12.3 Å². The lowest BCUT2D eigenvalue weighted by Crippen LogP contribution is -2.23. The standard InChI is InChI=1S/C22H20N2O2S2/c1-14-24-19(13-28-14)16-9-7-15(8-10-16)11-23-22(25)21-18(12-27-2)17-5-3-4-6-20(17)26-21/h3-10,13H,11-12H2,1-2H3,(H,23,25). The summed E-state index contributed by atoms with van der Waals surface area (Å²) in [5.41, 5.74) is 4.81. The zero-order valence-corrected chi connectivity index (χ0v) is 17.3. The second-order valence-electron chi connectivity index (χ2n) is 6.47. The number of carbonyl (C=O) groups is 1. The Balaban J connectivity index is 1.48. The molecule has 2 aromatic heterocycles. The first-order chi connectivity index (χ1) is 13.7. The first-order valence-electron chi connectivity index (χ1n) is 8.94. The fourth-order valence-corrected chi connectivity index (χ4v) is 4.32. The van der Waals surface area contributed by atoms with Gasteiger partial charge in [0.2, 0.25) is 0 Å². The largest absolute Gasteiger partial charge is 0.451 e. The number of nitrogens with zero attached hydrogens (tertiary/aromatic N) is 1. The highest BCUT2D eigenvalue weighted by Gasteiger charge is 2.19. The Morgan fingerprint density at radius 1 is 1.18 bits per heavy atom. The molecule has 0 aliphatic carbocycles. The van der Waals surface area contributed by atoms with Crippen LogP contribution >= 0.6 is 23.1 Å². The molecule has 1 amide bonds. The molecule has 2 aromatic carbocycles. The molecule has 0 atom stereocenters. The highest BCUT2D eigenvalue weighted by Crippen LogP contribution is 2.29. The fourth-order valence-electron chi connectivity index (χ4n) is 3.12. The molecule has 4 rings (SSSR count). The first kappa shape index (κ1) is 18.8. The molecule has 0 radical (unpaired) electrons. The van der Waals surface area contributed by atoms with Crippen molar-refractivity contribution in [3.05, 3.63) is 75.8 Å². The minimum atomic E-state index is -0.181. The van der Waals surface area contributed by atoms with Crippen LogP contribution in [0.3, 0.4) is 0 Å². The molecule has 1 N–H and O–H groups in total. The van der Waals surface area contributed by atoms with Crippen molar-refractivity contribution < 1.29 is 9.21 Å². The van der Waals surface area contributed by atoms with Crippen molar-refractivity contribution in [1.29, 1.82) is 0 Å². The molecule has 142 valence electrons. The number of benzene rings is 2. The van der Waals surface area contributed by atoms with Crippen LogP contribution in [0.4, 0.5) is 0 Å². The molecule has 0 saturated carbocycles. The summed E-state index contributed by atoms with van der Waals surface area (Å²) >= 11 is 3.32. The van der Waals surface area contributed by atoms with Crippen molar-refractivity contribution >= 4 is 40.0 Å². The second-order valence-corrected chi connectivity index (χ2v) is 8.40. The van der Waals surface area contributed by atoms with Gasteiger partial charge in [0.05, 0.1) is 10.7 Å². The maximum atomic E-state index is 12.8. The van der Waals surface area contributed by atoms with Gasteiger partial charge in [0.15, 0.2) is 5.76 Å². The third kappa shape index (κ3) is 3.84. The average Bonchev–Trinajstić information content (AvgIpc) is 3.31. The summed E-state index contributed by atoms with van der Waals surface area (Å²) in [7, 11) is 0. The number of para-hydroxylation sites is 1. The van der Waals surface area contributed by atoms with E-state index in [2.05, 4.69) is 15.7 Å². The van der Waals surface area contributed by atoms with E-state index in [1.807, 2.05) is 61.7 Å². The van der Waals surface area contributed by atoms with E-state index in [0.717, 1.165) is 44.1 Å². The van der Waals surface area contributed by atoms with Crippen LogP contribution in [-0.2, 0) is 12.3 Å². The smallest absolute Gasteiger partial charge is 0.287 e. The molecule has 0 spiro atoms. The maximum Gasteiger partial charge on any atom is 0.287 e. The van der Waals surface area contributed by atoms with Crippen LogP contribution < -0.4 is 5.32 Å². The number of rotatable bonds is 6. The topological polar surface area (TPSA) is 55.1 Å². The predicted octanol–water partition coefficient (Wildman–Crippen LogP) is 5.66. The molecule has 6 heteroatoms. The molecule has 28 heavy (non-hydrogen) atoms. The highest BCUT2D eigenvalue weighted by atomic mass is 32.2. The zero-order valence-electron chi connectivity index (χ0n) is 15.7. The normalized spacial score (nSPS) is 11.1. The molecular formula is C22H20N2O2S2. The van der Waals surface area contributed by atoms with E-state index in [4.69, 9.17) is 4.42 Å². The van der Waals surface area contributed by atoms with Crippen molar-refractivity contribution in [2.24, 2.45) is 0 Å². The number of thiazole rings is 1. The third-order valence-corrected chi connectivity index (χ3v) is 5.87. The predicted molar refractivity (Wildman–Crippen MR) is 117 cm³/mol. The molecule has 0 aliphatic rings. The van der Waals surface area contributed by atoms with Gasteiger partial charge in [-0.15, -0.1) is 11.3 Å². The molecule has 0 fully saturated rings. The van der Waals surface area contributed by atoms with Crippen molar-refractivity contribution in [2.45, 2.75) is 19.2 Å². The minimum Gasteiger partial charge on any atom is -0.451 e. The van der Waals surface area contributed by atoms with Gasteiger partial charge in [0.1, 0.15) is 5.58 Å². The Morgan fingerprint density at radius 2 is 1.96 bits per heavy atom. The van der Waals surface area contributed by atoms with E-state index in [-0.39, 0.29) is 5.91 Å². The Morgan fingerprint density at radius 3 is 2.68 bits per heavy atom. The maximum absolute atomic E-state index is 12.8. The van der Waals surface area contributed by atoms with Crippen LogP contribution in [0.5, 0.6) is 0 Å². The summed E-state index contributed by atoms with van der Waals surface area (Å²) < 4.78 is 5.85. The van der Waals surface area contributed by atoms with Crippen molar-refractivity contribution in [2.75, 3.05) is 6.26 Å². The number of fused-ring (bicyclic) bond motifs is 1. The van der Waals surface area contributed by atoms with Gasteiger partial charge in [-0.05, 0) is 24.8 Å². The van der Waals surface area contributed by atoms with Crippen LogP contribution in [-0.4, -0.2) is 17.1 Å². The van der Waals surface area contributed by atoms with Crippen LogP contribution in [0.25, 0.3) is 22.2 Å². The van der Waals surface area contributed by atoms with Gasteiger partial charge >= 0.3 is 0 Å². The van der Waals surface area contributed by atoms with Crippen LogP contribution in [0, 0.1) is 6.92 Å². The number of thioether (sulfide) groups is 1. The Labute approximate surface area is 172 Å². The molecule has 0 unspecified atom stereocenters. The van der Waals surface area contributed by atoms with Gasteiger partial charge < -0.3 is 9.73 Å². The van der Waals surface area contributed by atoms with Crippen LogP contribution in [0.15, 0.2) is 58.3 Å². The summed E-state index contributed by atoms with van der Waals surface area (Å²) in [6.07, 6.45) is 2.02. The third-order valence-electron chi connectivity index (χ3n) is 4.51. The van der Waals surface area contributed by atoms with Gasteiger partial charge in [0, 0.05) is 34.2 Å². The number of aromatic nitrogens is 1. The van der Waals surface area contributed by atoms with Gasteiger partial charge in [-0.2, -0.15) is 11.8 Å². The van der Waals surface area contributed by atoms with Crippen LogP contribution in [0.1, 0.15) is 26.7 Å². The van der Waals surface area contributed by atoms with E-state index in [1.54, 1.807) is 23.1 Å². The quantitative estimate of drug-likeness (QED) is 0.447. The van der Waals surface area contributed by atoms with E-state index >= 15 is 0 Å². The van der Waals surface area contributed by atoms with E-state index in [1.165, 1.54) is 0 Å². The Hall–Kier alpha value is -2.57. The SMILES string of the molecule is CSCc1c(C(=O)NCc2ccc(-c3csc(C)n3)cc2)oc2ccccc12. The molecule has 2 heterocycles. The van der Waals surface area contributed by atoms with Crippen molar-refractivity contribution in [3.63, 3.8) is 0 Å². The number of aryl methyl sites for hydroxylation is 1. The van der Waals surface area contributed by atoms with Crippen molar-refractivity contribution in [3.8, 4) is 11.3 Å². The molecule has 0 aliphatic heterocycles. The number of hydrogen-bond acceptors (Lipinski definition) is 5. The zero-order chi connectivity index (χ0) is 19.5. The summed E-state index contributed by atoms with van der Waals surface area (Å²) in [5.74, 6) is 0.964. The number of amides is 1. The summed E-state index contributed by atoms with van der Waals surface area (Å²) in [6, 6.07) is 15.9. The Kier molecular flexibility index (Phi) is 5.50. The molecule has 4 aromatic rings. The fraction of sp³-hybridized carbons (Fsp3) is 0.182. The van der Waals surface area contributed by atoms with Gasteiger partial charge in [-0.3, -0.25) is 4.79 Å². The lowest BCUT2D eigenvalue weighted by molar-refractivity contribution is 0.0924. The minimum absolute atomic E-state index is 0.181. The summed E-state index contributed by atoms with van der Waals surface area (Å²) in [6.45, 7) is 2.45. The van der Waals surface area contributed by atoms with Gasteiger partial charge in [-0.1, -0.05) is 42.5 Å². The average molecular weight is 409 g/mol. The summed E-state index contributed by atoms with van der Waals surface area (Å²) in [4.78, 5) is 17.3. The monoisotopic (exact) mass is 408 g/mol. The number of hydrogen-bond donors (Lipinski definition) is 1. The number of nitrogens with one attached hydrogen (secondary N) is 1.